The molecule has 196 valence electrons. The second-order valence-electron chi connectivity index (χ2n) is 8.81. The maximum atomic E-state index is 9.94. The van der Waals surface area contributed by atoms with Crippen molar-refractivity contribution >= 4 is 21.6 Å². The van der Waals surface area contributed by atoms with Gasteiger partial charge in [0.15, 0.2) is 0 Å². The summed E-state index contributed by atoms with van der Waals surface area (Å²) in [6.45, 7) is 14.2. The molecule has 0 aromatic heterocycles. The van der Waals surface area contributed by atoms with Gasteiger partial charge in [0.25, 0.3) is 0 Å². The van der Waals surface area contributed by atoms with Crippen LogP contribution in [-0.2, 0) is 32.3 Å². The average Bonchev–Trinajstić information content (AvgIpc) is 2.90. The maximum absolute atomic E-state index is 9.94. The zero-order chi connectivity index (χ0) is 26.9. The molecule has 4 aromatic rings. The first-order valence-corrected chi connectivity index (χ1v) is 13.3. The molecule has 0 saturated heterocycles. The molecule has 4 rings (SSSR count). The number of phenolic OH excluding ortho intramolecular Hbond substituents is 1. The van der Waals surface area contributed by atoms with Crippen molar-refractivity contribution in [3.05, 3.63) is 149 Å². The van der Waals surface area contributed by atoms with Gasteiger partial charge in [-0.15, -0.1) is 36.5 Å². The number of hydrogen-bond acceptors (Lipinski definition) is 2. The largest absolute Gasteiger partial charge is 4.00 e. The van der Waals surface area contributed by atoms with Gasteiger partial charge in [-0.1, -0.05) is 67.9 Å². The van der Waals surface area contributed by atoms with Gasteiger partial charge in [0.2, 0.25) is 0 Å². The van der Waals surface area contributed by atoms with Crippen LogP contribution in [0, 0.1) is 13.8 Å². The molecule has 0 bridgehead atoms. The van der Waals surface area contributed by atoms with E-state index in [0.717, 1.165) is 52.9 Å². The number of phenols is 1. The molecule has 0 radical (unpaired) electrons. The number of rotatable bonds is 8. The van der Waals surface area contributed by atoms with Crippen LogP contribution in [0.2, 0.25) is 0 Å². The fraction of sp³-hybridized carbons (Fsp3) is 0.212. The number of nitrogens with zero attached hydrogens (tertiary/aromatic N) is 1. The van der Waals surface area contributed by atoms with Crippen LogP contribution >= 0.6 is 15.9 Å². The van der Waals surface area contributed by atoms with Crippen LogP contribution in [0.5, 0.6) is 5.75 Å². The predicted octanol–water partition coefficient (Wildman–Crippen LogP) is 8.85. The standard InChI is InChI=1S/C19H24BrN2O.2C7H7.Hf/c1-14(2)16-7-3-4-9-18(16)22-13-12-21-11-10-15-6-5-8-17(20)19(15)23;2*1-7-5-3-2-4-6-7;/h3-9,14,21,23H,10-13H2,1-2H3;2*2-6H,1H2;/q3*-1;+4. The third-order valence-electron chi connectivity index (χ3n) is 5.46. The molecule has 4 aromatic carbocycles. The molecule has 0 amide bonds. The monoisotopic (exact) mass is 737 g/mol. The topological polar surface area (TPSA) is 46.4 Å². The molecule has 0 atom stereocenters. The van der Waals surface area contributed by atoms with Crippen LogP contribution < -0.4 is 5.32 Å². The summed E-state index contributed by atoms with van der Waals surface area (Å²) in [4.78, 5) is 0. The van der Waals surface area contributed by atoms with Crippen molar-refractivity contribution in [2.75, 3.05) is 19.6 Å². The third-order valence-corrected chi connectivity index (χ3v) is 6.10. The van der Waals surface area contributed by atoms with E-state index in [0.29, 0.717) is 11.7 Å². The first kappa shape index (κ1) is 33.6. The second kappa shape index (κ2) is 19.6. The van der Waals surface area contributed by atoms with Gasteiger partial charge in [0.1, 0.15) is 5.75 Å². The van der Waals surface area contributed by atoms with E-state index >= 15 is 0 Å². The van der Waals surface area contributed by atoms with E-state index in [1.165, 1.54) is 5.56 Å². The maximum Gasteiger partial charge on any atom is 4.00 e. The molecule has 3 nitrogen and oxygen atoms in total. The van der Waals surface area contributed by atoms with Crippen molar-refractivity contribution in [2.24, 2.45) is 0 Å². The Bertz CT molecular complexity index is 1120. The zero-order valence-corrected chi connectivity index (χ0v) is 27.6. The summed E-state index contributed by atoms with van der Waals surface area (Å²) in [5.74, 6) is 0.826. The molecule has 0 aliphatic rings. The molecule has 0 aliphatic heterocycles. The summed E-state index contributed by atoms with van der Waals surface area (Å²) in [5.41, 5.74) is 5.49. The molecule has 0 aliphatic carbocycles. The Morgan fingerprint density at radius 2 is 1.32 bits per heavy atom. The van der Waals surface area contributed by atoms with Gasteiger partial charge in [-0.25, -0.2) is 0 Å². The Morgan fingerprint density at radius 1 is 0.763 bits per heavy atom. The molecule has 0 spiro atoms. The van der Waals surface area contributed by atoms with Crippen molar-refractivity contribution in [2.45, 2.75) is 26.2 Å². The minimum absolute atomic E-state index is 0. The Kier molecular flexibility index (Phi) is 17.3. The molecule has 0 unspecified atom stereocenters. The number of hydrogen-bond donors (Lipinski definition) is 2. The van der Waals surface area contributed by atoms with E-state index < -0.39 is 0 Å². The van der Waals surface area contributed by atoms with Crippen molar-refractivity contribution in [3.63, 3.8) is 0 Å². The van der Waals surface area contributed by atoms with E-state index in [1.54, 1.807) is 0 Å². The number of benzene rings is 4. The number of halogens is 1. The molecule has 0 heterocycles. The van der Waals surface area contributed by atoms with Gasteiger partial charge < -0.3 is 15.7 Å². The van der Waals surface area contributed by atoms with E-state index in [1.807, 2.05) is 84.9 Å². The van der Waals surface area contributed by atoms with Gasteiger partial charge in [-0.2, -0.15) is 49.2 Å². The molecule has 5 heteroatoms. The van der Waals surface area contributed by atoms with Crippen LogP contribution in [0.3, 0.4) is 0 Å². The zero-order valence-electron chi connectivity index (χ0n) is 22.4. The summed E-state index contributed by atoms with van der Waals surface area (Å²) in [5, 5.41) is 18.0. The Hall–Kier alpha value is -2.47. The number of para-hydroxylation sites is 2. The molecular weight excluding hydrogens is 699 g/mol. The van der Waals surface area contributed by atoms with Gasteiger partial charge in [0, 0.05) is 0 Å². The van der Waals surface area contributed by atoms with Crippen molar-refractivity contribution in [3.8, 4) is 5.75 Å². The molecular formula is C33H38BrHfN2O+. The Morgan fingerprint density at radius 3 is 1.84 bits per heavy atom. The first-order valence-electron chi connectivity index (χ1n) is 12.6. The van der Waals surface area contributed by atoms with E-state index in [9.17, 15) is 5.11 Å². The average molecular weight is 737 g/mol. The fourth-order valence-electron chi connectivity index (χ4n) is 3.44. The smallest absolute Gasteiger partial charge is 0.683 e. The van der Waals surface area contributed by atoms with Crippen LogP contribution in [0.25, 0.3) is 5.32 Å². The summed E-state index contributed by atoms with van der Waals surface area (Å²) >= 11 is 3.34. The summed E-state index contributed by atoms with van der Waals surface area (Å²) in [7, 11) is 0. The molecule has 0 saturated carbocycles. The minimum Gasteiger partial charge on any atom is -0.683 e. The van der Waals surface area contributed by atoms with Crippen molar-refractivity contribution in [1.82, 2.24) is 5.32 Å². The fourth-order valence-corrected chi connectivity index (χ4v) is 3.85. The SMILES string of the molecule is CC(C)c1ccccc1[N-]CCNCCc1cccc(Br)c1O.[CH2-]c1ccccc1.[CH2-]c1ccccc1.[Hf+4]. The van der Waals surface area contributed by atoms with Crippen molar-refractivity contribution in [1.29, 1.82) is 0 Å². The normalized spacial score (nSPS) is 9.79. The second-order valence-corrected chi connectivity index (χ2v) is 9.67. The van der Waals surface area contributed by atoms with Gasteiger partial charge >= 0.3 is 25.8 Å². The quantitative estimate of drug-likeness (QED) is 0.108. The third kappa shape index (κ3) is 13.4. The number of nitrogens with one attached hydrogen (secondary N) is 1. The number of aromatic hydroxyl groups is 1. The summed E-state index contributed by atoms with van der Waals surface area (Å²) in [6.07, 6.45) is 0.799. The summed E-state index contributed by atoms with van der Waals surface area (Å²) in [6, 6.07) is 33.8. The van der Waals surface area contributed by atoms with E-state index in [4.69, 9.17) is 0 Å². The minimum atomic E-state index is 0. The van der Waals surface area contributed by atoms with Gasteiger partial charge in [-0.05, 0) is 53.0 Å². The van der Waals surface area contributed by atoms with Crippen LogP contribution in [0.1, 0.15) is 42.0 Å². The Balaban J connectivity index is 0.000000390. The molecule has 38 heavy (non-hydrogen) atoms. The van der Waals surface area contributed by atoms with Crippen LogP contribution in [0.4, 0.5) is 5.69 Å². The first-order chi connectivity index (χ1) is 17.9. The van der Waals surface area contributed by atoms with E-state index in [2.05, 4.69) is 72.5 Å². The predicted molar refractivity (Wildman–Crippen MR) is 163 cm³/mol. The summed E-state index contributed by atoms with van der Waals surface area (Å²) < 4.78 is 0.746. The van der Waals surface area contributed by atoms with Gasteiger partial charge in [0.05, 0.1) is 4.47 Å². The van der Waals surface area contributed by atoms with Gasteiger partial charge in [-0.3, -0.25) is 0 Å². The molecule has 2 N–H and O–H groups in total. The van der Waals surface area contributed by atoms with Crippen LogP contribution in [0.15, 0.2) is 108 Å². The van der Waals surface area contributed by atoms with E-state index in [-0.39, 0.29) is 25.8 Å². The Labute approximate surface area is 257 Å². The van der Waals surface area contributed by atoms with Crippen molar-refractivity contribution < 1.29 is 30.9 Å². The molecule has 0 fully saturated rings. The van der Waals surface area contributed by atoms with Crippen LogP contribution in [-0.4, -0.2) is 24.7 Å².